The van der Waals surface area contributed by atoms with Gasteiger partial charge in [0, 0.05) is 91.5 Å². The van der Waals surface area contributed by atoms with Gasteiger partial charge in [0.05, 0.1) is 6.54 Å². The topological polar surface area (TPSA) is 86.0 Å². The number of urea groups is 1. The summed E-state index contributed by atoms with van der Waals surface area (Å²) in [6.07, 6.45) is -2.94. The lowest BCUT2D eigenvalue weighted by molar-refractivity contribution is 0.0732. The maximum atomic E-state index is 15.3. The molecule has 9 nitrogen and oxygen atoms in total. The van der Waals surface area contributed by atoms with Gasteiger partial charge in [-0.3, -0.25) is 18.9 Å². The van der Waals surface area contributed by atoms with Crippen LogP contribution < -0.4 is 4.90 Å². The summed E-state index contributed by atoms with van der Waals surface area (Å²) in [5.74, 6) is -0.993. The molecule has 14 heteroatoms. The van der Waals surface area contributed by atoms with Crippen molar-refractivity contribution in [2.45, 2.75) is 39.0 Å². The molecule has 0 radical (unpaired) electrons. The average molecular weight is 637 g/mol. The number of halogens is 4. The minimum absolute atomic E-state index is 0.0944. The number of anilines is 1. The molecule has 0 aliphatic carbocycles. The second-order valence-electron chi connectivity index (χ2n) is 11.7. The molecule has 0 unspecified atom stereocenters. The van der Waals surface area contributed by atoms with Gasteiger partial charge in [-0.15, -0.1) is 10.2 Å². The molecule has 2 saturated heterocycles. The van der Waals surface area contributed by atoms with Gasteiger partial charge in [0.25, 0.3) is 5.89 Å². The third kappa shape index (κ3) is 8.21. The fourth-order valence-electron chi connectivity index (χ4n) is 5.36. The van der Waals surface area contributed by atoms with Crippen LogP contribution in [0.15, 0.2) is 46.9 Å². The van der Waals surface area contributed by atoms with Crippen molar-refractivity contribution < 1.29 is 31.0 Å². The van der Waals surface area contributed by atoms with Crippen molar-refractivity contribution in [2.24, 2.45) is 0 Å². The fourth-order valence-corrected chi connectivity index (χ4v) is 6.42. The minimum atomic E-state index is -2.94. The van der Waals surface area contributed by atoms with Crippen LogP contribution in [0.2, 0.25) is 0 Å². The highest BCUT2D eigenvalue weighted by atomic mass is 32.2. The van der Waals surface area contributed by atoms with Gasteiger partial charge in [-0.2, -0.15) is 8.78 Å². The first kappa shape index (κ1) is 32.0. The Morgan fingerprint density at radius 3 is 2.25 bits per heavy atom. The summed E-state index contributed by atoms with van der Waals surface area (Å²) in [6, 6.07) is 11.2. The molecule has 0 N–H and O–H groups in total. The van der Waals surface area contributed by atoms with Crippen LogP contribution in [-0.4, -0.2) is 98.1 Å². The lowest BCUT2D eigenvalue weighted by Gasteiger charge is -2.36. The maximum absolute atomic E-state index is 15.3. The quantitative estimate of drug-likeness (QED) is 0.310. The number of nitrogens with zero attached hydrogens (tertiary/aromatic N) is 6. The van der Waals surface area contributed by atoms with Crippen molar-refractivity contribution in [1.29, 1.82) is 0 Å². The zero-order chi connectivity index (χ0) is 31.4. The van der Waals surface area contributed by atoms with E-state index in [9.17, 15) is 22.2 Å². The number of amides is 2. The minimum Gasteiger partial charge on any atom is -0.415 e. The standard InChI is InChI=1S/C30H36F4N6O3S/c1-30(2,34)20-38-11-9-37(10-12-38)18-21-3-7-24(8-4-21)40(29(41)39-13-15-44(42)16-14-39)19-23-6-5-22(17-25(23)31)27-35-36-28(43-27)26(32)33/h3-8,17,26H,9-16,18-20H2,1-2H3. The Kier molecular flexibility index (Phi) is 10.0. The number of alkyl halides is 3. The number of benzene rings is 2. The van der Waals surface area contributed by atoms with Crippen molar-refractivity contribution in [3.05, 3.63) is 65.3 Å². The molecule has 0 atom stereocenters. The highest BCUT2D eigenvalue weighted by Crippen LogP contribution is 2.27. The zero-order valence-corrected chi connectivity index (χ0v) is 25.5. The SMILES string of the molecule is CC(C)(F)CN1CCN(Cc2ccc(N(Cc3ccc(-c4nnc(C(F)F)o4)cc3F)C(=O)N3CCS(=O)CC3)cc2)CC1. The Bertz CT molecular complexity index is 1450. The molecule has 0 spiro atoms. The molecule has 3 heterocycles. The molecule has 44 heavy (non-hydrogen) atoms. The van der Waals surface area contributed by atoms with Crippen LogP contribution in [-0.2, 0) is 23.9 Å². The van der Waals surface area contributed by atoms with Gasteiger partial charge in [-0.25, -0.2) is 13.6 Å². The molecule has 5 rings (SSSR count). The maximum Gasteiger partial charge on any atom is 0.324 e. The molecule has 2 amide bonds. The van der Waals surface area contributed by atoms with E-state index in [4.69, 9.17) is 4.42 Å². The normalized spacial score (nSPS) is 17.4. The molecule has 3 aromatic rings. The predicted octanol–water partition coefficient (Wildman–Crippen LogP) is 4.87. The molecule has 2 aromatic carbocycles. The van der Waals surface area contributed by atoms with E-state index in [2.05, 4.69) is 20.0 Å². The second kappa shape index (κ2) is 13.7. The Morgan fingerprint density at radius 2 is 1.66 bits per heavy atom. The first-order valence-corrected chi connectivity index (χ1v) is 16.0. The van der Waals surface area contributed by atoms with Crippen molar-refractivity contribution in [2.75, 3.05) is 62.2 Å². The number of piperazine rings is 1. The number of aromatic nitrogens is 2. The van der Waals surface area contributed by atoms with Crippen molar-refractivity contribution in [3.63, 3.8) is 0 Å². The molecule has 1 aromatic heterocycles. The number of hydrogen-bond donors (Lipinski definition) is 0. The number of carbonyl (C=O) groups excluding carboxylic acids is 1. The van der Waals surface area contributed by atoms with Gasteiger partial charge in [-0.1, -0.05) is 18.2 Å². The van der Waals surface area contributed by atoms with Gasteiger partial charge < -0.3 is 9.32 Å². The Balaban J connectivity index is 1.30. The first-order chi connectivity index (χ1) is 20.9. The van der Waals surface area contributed by atoms with Crippen LogP contribution >= 0.6 is 0 Å². The number of rotatable bonds is 9. The zero-order valence-electron chi connectivity index (χ0n) is 24.7. The first-order valence-electron chi connectivity index (χ1n) is 14.5. The van der Waals surface area contributed by atoms with E-state index in [0.717, 1.165) is 37.8 Å². The highest BCUT2D eigenvalue weighted by molar-refractivity contribution is 7.85. The smallest absolute Gasteiger partial charge is 0.324 e. The summed E-state index contributed by atoms with van der Waals surface area (Å²) in [6.45, 7) is 8.09. The third-order valence-electron chi connectivity index (χ3n) is 7.65. The van der Waals surface area contributed by atoms with Crippen LogP contribution in [0.25, 0.3) is 11.5 Å². The van der Waals surface area contributed by atoms with Crippen molar-refractivity contribution in [3.8, 4) is 11.5 Å². The fraction of sp³-hybridized carbons (Fsp3) is 0.500. The van der Waals surface area contributed by atoms with E-state index in [1.807, 2.05) is 24.3 Å². The summed E-state index contributed by atoms with van der Waals surface area (Å²) in [5, 5.41) is 6.85. The molecule has 0 bridgehead atoms. The van der Waals surface area contributed by atoms with E-state index in [1.165, 1.54) is 17.0 Å². The third-order valence-corrected chi connectivity index (χ3v) is 8.93. The van der Waals surface area contributed by atoms with Gasteiger partial charge >= 0.3 is 12.5 Å². The van der Waals surface area contributed by atoms with E-state index < -0.39 is 34.6 Å². The average Bonchev–Trinajstić information content (AvgIpc) is 3.49. The molecule has 2 aliphatic rings. The molecule has 2 aliphatic heterocycles. The molecular formula is C30H36F4N6O3S. The molecule has 2 fully saturated rings. The van der Waals surface area contributed by atoms with E-state index in [0.29, 0.717) is 43.4 Å². The van der Waals surface area contributed by atoms with Gasteiger partial charge in [-0.05, 0) is 43.7 Å². The lowest BCUT2D eigenvalue weighted by atomic mass is 10.1. The highest BCUT2D eigenvalue weighted by Gasteiger charge is 2.28. The molecular weight excluding hydrogens is 600 g/mol. The molecule has 238 valence electrons. The summed E-state index contributed by atoms with van der Waals surface area (Å²) in [7, 11) is -0.979. The monoisotopic (exact) mass is 636 g/mol. The van der Waals surface area contributed by atoms with E-state index in [1.54, 1.807) is 18.7 Å². The summed E-state index contributed by atoms with van der Waals surface area (Å²) < 4.78 is 71.9. The number of carbonyl (C=O) groups is 1. The van der Waals surface area contributed by atoms with Crippen LogP contribution in [0, 0.1) is 5.82 Å². The number of hydrogen-bond acceptors (Lipinski definition) is 7. The predicted molar refractivity (Wildman–Crippen MR) is 159 cm³/mol. The summed E-state index contributed by atoms with van der Waals surface area (Å²) in [5.41, 5.74) is 0.733. The summed E-state index contributed by atoms with van der Waals surface area (Å²) >= 11 is 0. The van der Waals surface area contributed by atoms with Crippen LogP contribution in [0.3, 0.4) is 0 Å². The van der Waals surface area contributed by atoms with E-state index in [-0.39, 0.29) is 29.6 Å². The Hall–Kier alpha value is -3.36. The Morgan fingerprint density at radius 1 is 1.00 bits per heavy atom. The van der Waals surface area contributed by atoms with Gasteiger partial charge in [0.2, 0.25) is 5.89 Å². The van der Waals surface area contributed by atoms with Gasteiger partial charge in [0.1, 0.15) is 11.5 Å². The van der Waals surface area contributed by atoms with Gasteiger partial charge in [0.15, 0.2) is 0 Å². The Labute approximate surface area is 256 Å². The largest absolute Gasteiger partial charge is 0.415 e. The van der Waals surface area contributed by atoms with Crippen molar-refractivity contribution in [1.82, 2.24) is 24.9 Å². The van der Waals surface area contributed by atoms with Crippen LogP contribution in [0.5, 0.6) is 0 Å². The lowest BCUT2D eigenvalue weighted by Crippen LogP contribution is -2.49. The second-order valence-corrected chi connectivity index (χ2v) is 13.4. The van der Waals surface area contributed by atoms with Crippen LogP contribution in [0.1, 0.15) is 37.3 Å². The van der Waals surface area contributed by atoms with Crippen molar-refractivity contribution >= 4 is 22.5 Å². The van der Waals surface area contributed by atoms with Crippen LogP contribution in [0.4, 0.5) is 28.0 Å². The molecule has 0 saturated carbocycles. The van der Waals surface area contributed by atoms with E-state index >= 15 is 4.39 Å². The summed E-state index contributed by atoms with van der Waals surface area (Å²) in [4.78, 5) is 21.2.